The summed E-state index contributed by atoms with van der Waals surface area (Å²) in [6, 6.07) is 23.9. The fourth-order valence-electron chi connectivity index (χ4n) is 5.88. The summed E-state index contributed by atoms with van der Waals surface area (Å²) < 4.78 is 41.8. The lowest BCUT2D eigenvalue weighted by Gasteiger charge is -2.33. The van der Waals surface area contributed by atoms with E-state index in [9.17, 15) is 23.1 Å². The van der Waals surface area contributed by atoms with Gasteiger partial charge >= 0.3 is 0 Å². The summed E-state index contributed by atoms with van der Waals surface area (Å²) in [6.45, 7) is 18.2. The minimum absolute atomic E-state index is 0.00605. The van der Waals surface area contributed by atoms with Gasteiger partial charge in [0.15, 0.2) is 11.5 Å². The molecule has 4 aromatic carbocycles. The minimum Gasteiger partial charge on any atom is -0.508 e. The Labute approximate surface area is 312 Å². The van der Waals surface area contributed by atoms with Crippen molar-refractivity contribution >= 4 is 44.9 Å². The number of phenols is 1. The molecular formula is C41H50N2O7S2. The molecule has 3 N–H and O–H groups in total. The maximum Gasteiger partial charge on any atom is 0.273 e. The Morgan fingerprint density at radius 1 is 0.788 bits per heavy atom. The van der Waals surface area contributed by atoms with Crippen molar-refractivity contribution in [1.82, 2.24) is 0 Å². The van der Waals surface area contributed by atoms with E-state index in [4.69, 9.17) is 9.47 Å². The average molecular weight is 747 g/mol. The van der Waals surface area contributed by atoms with Crippen LogP contribution in [-0.4, -0.2) is 37.1 Å². The van der Waals surface area contributed by atoms with Crippen LogP contribution in [0.15, 0.2) is 101 Å². The standard InChI is InChI=1S/C41H50N2O7S2/c1-10-51-43-28-13-24-35(49-30-16-11-27(12-17-30)41(8,9)26-39(2,3)4)34(25-28)42-38(46)36(37(45)40(5,6)7)50-31-18-22-33(23-19-31)52(47,48)32-20-14-29(44)15-21-32/h11-25,36,43-44H,10,26H2,1-9H3,(H,42,46). The molecule has 1 atom stereocenters. The van der Waals surface area contributed by atoms with Crippen LogP contribution in [0.4, 0.5) is 11.4 Å². The Kier molecular flexibility index (Phi) is 12.4. The zero-order valence-electron chi connectivity index (χ0n) is 31.4. The van der Waals surface area contributed by atoms with Crippen molar-refractivity contribution in [1.29, 1.82) is 0 Å². The summed E-state index contributed by atoms with van der Waals surface area (Å²) in [5.74, 6) is 0.638. The van der Waals surface area contributed by atoms with Gasteiger partial charge in [-0.3, -0.25) is 9.59 Å². The Hall–Kier alpha value is -4.48. The van der Waals surface area contributed by atoms with Crippen LogP contribution >= 0.6 is 11.9 Å². The number of sulfone groups is 1. The highest BCUT2D eigenvalue weighted by molar-refractivity contribution is 8.00. The van der Waals surface area contributed by atoms with E-state index < -0.39 is 33.0 Å². The highest BCUT2D eigenvalue weighted by atomic mass is 32.2. The van der Waals surface area contributed by atoms with E-state index in [1.165, 1.54) is 66.0 Å². The Morgan fingerprint density at radius 2 is 1.35 bits per heavy atom. The zero-order chi connectivity index (χ0) is 38.5. The first-order valence-electron chi connectivity index (χ1n) is 17.2. The van der Waals surface area contributed by atoms with Gasteiger partial charge in [0.1, 0.15) is 17.2 Å². The van der Waals surface area contributed by atoms with Gasteiger partial charge in [-0.15, -0.1) is 0 Å². The predicted molar refractivity (Wildman–Crippen MR) is 209 cm³/mol. The molecule has 0 spiro atoms. The second-order valence-electron chi connectivity index (χ2n) is 15.6. The molecule has 4 aromatic rings. The lowest BCUT2D eigenvalue weighted by Crippen LogP contribution is -2.45. The van der Waals surface area contributed by atoms with Crippen LogP contribution in [0.25, 0.3) is 0 Å². The van der Waals surface area contributed by atoms with Gasteiger partial charge in [0, 0.05) is 16.9 Å². The van der Waals surface area contributed by atoms with E-state index in [0.717, 1.165) is 17.9 Å². The van der Waals surface area contributed by atoms with Crippen LogP contribution < -0.4 is 19.5 Å². The first kappa shape index (κ1) is 40.3. The van der Waals surface area contributed by atoms with Crippen LogP contribution in [0, 0.1) is 10.8 Å². The number of amides is 1. The molecule has 0 aliphatic rings. The van der Waals surface area contributed by atoms with Crippen LogP contribution in [0.1, 0.15) is 74.3 Å². The van der Waals surface area contributed by atoms with Gasteiger partial charge in [0.05, 0.1) is 15.5 Å². The summed E-state index contributed by atoms with van der Waals surface area (Å²) in [4.78, 5) is 27.7. The molecule has 1 unspecified atom stereocenters. The van der Waals surface area contributed by atoms with Crippen molar-refractivity contribution in [3.8, 4) is 23.0 Å². The van der Waals surface area contributed by atoms with Crippen molar-refractivity contribution in [2.75, 3.05) is 15.8 Å². The second kappa shape index (κ2) is 16.0. The Morgan fingerprint density at radius 3 is 1.88 bits per heavy atom. The normalized spacial score (nSPS) is 12.9. The molecule has 0 aromatic heterocycles. The Balaban J connectivity index is 1.62. The van der Waals surface area contributed by atoms with E-state index in [1.54, 1.807) is 32.9 Å². The lowest BCUT2D eigenvalue weighted by molar-refractivity contribution is -0.140. The number of ether oxygens (including phenoxy) is 2. The van der Waals surface area contributed by atoms with Crippen LogP contribution in [0.5, 0.6) is 23.0 Å². The molecule has 278 valence electrons. The molecule has 0 saturated heterocycles. The third-order valence-electron chi connectivity index (χ3n) is 8.16. The summed E-state index contributed by atoms with van der Waals surface area (Å²) in [7, 11) is -3.89. The number of carbonyl (C=O) groups is 2. The molecule has 0 heterocycles. The molecule has 0 bridgehead atoms. The first-order valence-corrected chi connectivity index (χ1v) is 19.6. The van der Waals surface area contributed by atoms with Gasteiger partial charge in [-0.1, -0.05) is 86.4 Å². The molecule has 4 rings (SSSR count). The van der Waals surface area contributed by atoms with Crippen LogP contribution in [0.3, 0.4) is 0 Å². The van der Waals surface area contributed by atoms with Crippen molar-refractivity contribution < 1.29 is 32.6 Å². The van der Waals surface area contributed by atoms with Gasteiger partial charge in [-0.2, -0.15) is 0 Å². The molecule has 52 heavy (non-hydrogen) atoms. The molecule has 0 aliphatic heterocycles. The minimum atomic E-state index is -3.89. The van der Waals surface area contributed by atoms with Crippen molar-refractivity contribution in [2.24, 2.45) is 10.8 Å². The lowest BCUT2D eigenvalue weighted by atomic mass is 9.72. The van der Waals surface area contributed by atoms with Crippen molar-refractivity contribution in [3.63, 3.8) is 0 Å². The number of hydrogen-bond donors (Lipinski definition) is 3. The van der Waals surface area contributed by atoms with Gasteiger partial charge in [0.25, 0.3) is 5.91 Å². The molecule has 1 amide bonds. The smallest absolute Gasteiger partial charge is 0.273 e. The van der Waals surface area contributed by atoms with E-state index in [0.29, 0.717) is 17.2 Å². The average Bonchev–Trinajstić information content (AvgIpc) is 3.06. The number of nitrogens with one attached hydrogen (secondary N) is 2. The largest absolute Gasteiger partial charge is 0.508 e. The van der Waals surface area contributed by atoms with E-state index in [-0.39, 0.29) is 32.1 Å². The number of Topliss-reactive ketones (excluding diaryl/α,β-unsaturated/α-hetero) is 1. The van der Waals surface area contributed by atoms with Crippen LogP contribution in [0.2, 0.25) is 0 Å². The second-order valence-corrected chi connectivity index (χ2v) is 18.6. The number of ketones is 1. The SMILES string of the molecule is CCSNc1ccc(Oc2ccc(C(C)(C)CC(C)(C)C)cc2)c(NC(=O)C(Oc2ccc(S(=O)(=O)c3ccc(O)cc3)cc2)C(=O)C(C)(C)C)c1. The van der Waals surface area contributed by atoms with Gasteiger partial charge in [-0.05, 0) is 102 Å². The van der Waals surface area contributed by atoms with E-state index in [2.05, 4.69) is 56.8 Å². The number of aromatic hydroxyl groups is 1. The maximum absolute atomic E-state index is 14.0. The number of carbonyl (C=O) groups excluding carboxylic acids is 2. The quantitative estimate of drug-likeness (QED) is 0.0853. The summed E-state index contributed by atoms with van der Waals surface area (Å²) in [5, 5.41) is 12.4. The van der Waals surface area contributed by atoms with E-state index >= 15 is 0 Å². The van der Waals surface area contributed by atoms with Gasteiger partial charge < -0.3 is 24.6 Å². The third kappa shape index (κ3) is 10.5. The fourth-order valence-corrected chi connectivity index (χ4v) is 7.58. The molecule has 0 fully saturated rings. The molecule has 0 saturated carbocycles. The number of anilines is 2. The van der Waals surface area contributed by atoms with Gasteiger partial charge in [0.2, 0.25) is 15.9 Å². The molecular weight excluding hydrogens is 697 g/mol. The molecule has 0 aliphatic carbocycles. The highest BCUT2D eigenvalue weighted by Crippen LogP contribution is 2.38. The Bertz CT molecular complexity index is 1960. The van der Waals surface area contributed by atoms with Crippen LogP contribution in [-0.2, 0) is 24.8 Å². The zero-order valence-corrected chi connectivity index (χ0v) is 33.0. The first-order chi connectivity index (χ1) is 24.2. The van der Waals surface area contributed by atoms with Gasteiger partial charge in [-0.25, -0.2) is 8.42 Å². The third-order valence-corrected chi connectivity index (χ3v) is 10.6. The molecule has 0 radical (unpaired) electrons. The monoisotopic (exact) mass is 746 g/mol. The summed E-state index contributed by atoms with van der Waals surface area (Å²) >= 11 is 1.49. The predicted octanol–water partition coefficient (Wildman–Crippen LogP) is 9.81. The van der Waals surface area contributed by atoms with E-state index in [1.807, 2.05) is 25.1 Å². The molecule has 9 nitrogen and oxygen atoms in total. The van der Waals surface area contributed by atoms with Crippen molar-refractivity contribution in [3.05, 3.63) is 96.6 Å². The molecule has 11 heteroatoms. The highest BCUT2D eigenvalue weighted by Gasteiger charge is 2.37. The summed E-state index contributed by atoms with van der Waals surface area (Å²) in [6.07, 6.45) is -0.571. The van der Waals surface area contributed by atoms with Crippen molar-refractivity contribution in [2.45, 2.75) is 90.0 Å². The fraction of sp³-hybridized carbons (Fsp3) is 0.366. The number of benzene rings is 4. The topological polar surface area (TPSA) is 131 Å². The number of rotatable bonds is 14. The number of hydrogen-bond acceptors (Lipinski definition) is 9. The number of phenolic OH excluding ortho intramolecular Hbond substituents is 1. The maximum atomic E-state index is 14.0. The summed E-state index contributed by atoms with van der Waals surface area (Å²) in [5.41, 5.74) is 1.40.